The molecular formula is C15H17BrClNS. The number of rotatable bonds is 5. The first-order valence-electron chi connectivity index (χ1n) is 6.27. The highest BCUT2D eigenvalue weighted by molar-refractivity contribution is 9.10. The first-order chi connectivity index (χ1) is 9.04. The van der Waals surface area contributed by atoms with Gasteiger partial charge in [0.1, 0.15) is 0 Å². The van der Waals surface area contributed by atoms with E-state index in [1.165, 1.54) is 15.3 Å². The highest BCUT2D eigenvalue weighted by Gasteiger charge is 2.06. The minimum Gasteiger partial charge on any atom is -0.310 e. The summed E-state index contributed by atoms with van der Waals surface area (Å²) in [5.74, 6) is 0. The van der Waals surface area contributed by atoms with Crippen molar-refractivity contribution in [2.24, 2.45) is 0 Å². The summed E-state index contributed by atoms with van der Waals surface area (Å²) in [6.45, 7) is 5.22. The van der Waals surface area contributed by atoms with Crippen molar-refractivity contribution in [3.63, 3.8) is 0 Å². The van der Waals surface area contributed by atoms with Crippen molar-refractivity contribution in [1.82, 2.24) is 5.32 Å². The third-order valence-corrected chi connectivity index (χ3v) is 4.96. The topological polar surface area (TPSA) is 12.0 Å². The second kappa shape index (κ2) is 6.89. The molecule has 19 heavy (non-hydrogen) atoms. The lowest BCUT2D eigenvalue weighted by atomic mass is 10.1. The van der Waals surface area contributed by atoms with Crippen LogP contribution in [0.5, 0.6) is 0 Å². The molecule has 1 heterocycles. The van der Waals surface area contributed by atoms with E-state index in [0.717, 1.165) is 22.5 Å². The Morgan fingerprint density at radius 2 is 2.11 bits per heavy atom. The number of benzene rings is 1. The molecule has 0 bridgehead atoms. The number of halogens is 2. The van der Waals surface area contributed by atoms with E-state index in [9.17, 15) is 0 Å². The van der Waals surface area contributed by atoms with Gasteiger partial charge in [-0.15, -0.1) is 11.3 Å². The maximum atomic E-state index is 5.94. The summed E-state index contributed by atoms with van der Waals surface area (Å²) in [6, 6.07) is 10.8. The quantitative estimate of drug-likeness (QED) is 0.775. The molecule has 0 aliphatic carbocycles. The smallest absolute Gasteiger partial charge is 0.0417 e. The molecule has 102 valence electrons. The van der Waals surface area contributed by atoms with Crippen LogP contribution in [0.4, 0.5) is 0 Å². The number of hydrogen-bond acceptors (Lipinski definition) is 2. The van der Waals surface area contributed by atoms with Gasteiger partial charge in [-0.1, -0.05) is 33.6 Å². The van der Waals surface area contributed by atoms with Crippen molar-refractivity contribution in [2.75, 3.05) is 0 Å². The zero-order chi connectivity index (χ0) is 13.8. The molecular weight excluding hydrogens is 342 g/mol. The first-order valence-corrected chi connectivity index (χ1v) is 8.26. The second-order valence-corrected chi connectivity index (χ2v) is 7.40. The summed E-state index contributed by atoms with van der Waals surface area (Å²) in [5, 5.41) is 4.31. The fourth-order valence-electron chi connectivity index (χ4n) is 1.92. The fourth-order valence-corrected chi connectivity index (χ4v) is 3.76. The number of aryl methyl sites for hydroxylation is 1. The van der Waals surface area contributed by atoms with Gasteiger partial charge in [0.2, 0.25) is 0 Å². The Bertz CT molecular complexity index is 553. The maximum absolute atomic E-state index is 5.94. The summed E-state index contributed by atoms with van der Waals surface area (Å²) in [5.41, 5.74) is 1.23. The van der Waals surface area contributed by atoms with E-state index in [4.69, 9.17) is 11.6 Å². The largest absolute Gasteiger partial charge is 0.310 e. The van der Waals surface area contributed by atoms with E-state index >= 15 is 0 Å². The third kappa shape index (κ3) is 4.60. The molecule has 1 nitrogen and oxygen atoms in total. The summed E-state index contributed by atoms with van der Waals surface area (Å²) >= 11 is 11.4. The van der Waals surface area contributed by atoms with Crippen LogP contribution in [0.25, 0.3) is 0 Å². The highest BCUT2D eigenvalue weighted by Crippen LogP contribution is 2.22. The molecule has 0 spiro atoms. The molecule has 2 aromatic rings. The van der Waals surface area contributed by atoms with E-state index in [0.29, 0.717) is 6.04 Å². The molecule has 1 unspecified atom stereocenters. The maximum Gasteiger partial charge on any atom is 0.0417 e. The van der Waals surface area contributed by atoms with Crippen LogP contribution < -0.4 is 5.32 Å². The van der Waals surface area contributed by atoms with Crippen LogP contribution in [0.2, 0.25) is 5.02 Å². The molecule has 1 N–H and O–H groups in total. The van der Waals surface area contributed by atoms with Crippen molar-refractivity contribution in [3.8, 4) is 0 Å². The summed E-state index contributed by atoms with van der Waals surface area (Å²) < 4.78 is 1.06. The molecule has 1 aromatic carbocycles. The summed E-state index contributed by atoms with van der Waals surface area (Å²) in [7, 11) is 0. The molecule has 0 fully saturated rings. The normalized spacial score (nSPS) is 12.6. The van der Waals surface area contributed by atoms with Gasteiger partial charge in [-0.05, 0) is 50.1 Å². The van der Waals surface area contributed by atoms with Gasteiger partial charge in [0.05, 0.1) is 0 Å². The molecule has 0 aliphatic rings. The third-order valence-electron chi connectivity index (χ3n) is 2.96. The van der Waals surface area contributed by atoms with Crippen LogP contribution in [0.1, 0.15) is 22.2 Å². The molecule has 0 aliphatic heterocycles. The Labute approximate surface area is 132 Å². The lowest BCUT2D eigenvalue weighted by Gasteiger charge is -2.14. The van der Waals surface area contributed by atoms with Crippen molar-refractivity contribution in [3.05, 3.63) is 55.1 Å². The van der Waals surface area contributed by atoms with Crippen molar-refractivity contribution >= 4 is 38.9 Å². The van der Waals surface area contributed by atoms with E-state index in [1.807, 2.05) is 23.5 Å². The minimum atomic E-state index is 0.459. The molecule has 1 atom stereocenters. The lowest BCUT2D eigenvalue weighted by molar-refractivity contribution is 0.548. The van der Waals surface area contributed by atoms with Crippen LogP contribution in [0, 0.1) is 6.92 Å². The fraction of sp³-hybridized carbons (Fsp3) is 0.333. The Balaban J connectivity index is 1.87. The Morgan fingerprint density at radius 3 is 2.74 bits per heavy atom. The van der Waals surface area contributed by atoms with Gasteiger partial charge >= 0.3 is 0 Å². The van der Waals surface area contributed by atoms with Gasteiger partial charge in [-0.3, -0.25) is 0 Å². The Hall–Kier alpha value is -0.350. The minimum absolute atomic E-state index is 0.459. The van der Waals surface area contributed by atoms with Crippen molar-refractivity contribution in [1.29, 1.82) is 0 Å². The predicted octanol–water partition coefficient (Wildman–Crippen LogP) is 5.19. The average molecular weight is 359 g/mol. The zero-order valence-corrected chi connectivity index (χ0v) is 14.2. The number of nitrogens with one attached hydrogen (secondary N) is 1. The standard InChI is InChI=1S/C15H17BrClNS/c1-10(7-14-6-3-11(2)19-14)18-9-12-4-5-13(17)8-15(12)16/h3-6,8,10,18H,7,9H2,1-2H3. The van der Waals surface area contributed by atoms with Gasteiger partial charge in [-0.2, -0.15) is 0 Å². The molecule has 1 aromatic heterocycles. The van der Waals surface area contributed by atoms with Crippen molar-refractivity contribution < 1.29 is 0 Å². The summed E-state index contributed by atoms with van der Waals surface area (Å²) in [6.07, 6.45) is 1.07. The van der Waals surface area contributed by atoms with Crippen LogP contribution in [0.3, 0.4) is 0 Å². The Morgan fingerprint density at radius 1 is 1.32 bits per heavy atom. The molecule has 0 amide bonds. The van der Waals surface area contributed by atoms with Gasteiger partial charge in [0, 0.05) is 31.8 Å². The van der Waals surface area contributed by atoms with Gasteiger partial charge in [-0.25, -0.2) is 0 Å². The second-order valence-electron chi connectivity index (χ2n) is 4.73. The van der Waals surface area contributed by atoms with E-state index < -0.39 is 0 Å². The van der Waals surface area contributed by atoms with E-state index in [2.05, 4.69) is 53.3 Å². The SMILES string of the molecule is Cc1ccc(CC(C)NCc2ccc(Cl)cc2Br)s1. The first kappa shape index (κ1) is 15.0. The molecule has 0 saturated carbocycles. The Kier molecular flexibility index (Phi) is 5.46. The zero-order valence-electron chi connectivity index (χ0n) is 11.0. The lowest BCUT2D eigenvalue weighted by Crippen LogP contribution is -2.27. The predicted molar refractivity (Wildman–Crippen MR) is 88.2 cm³/mol. The van der Waals surface area contributed by atoms with Gasteiger partial charge in [0.15, 0.2) is 0 Å². The number of hydrogen-bond donors (Lipinski definition) is 1. The molecule has 0 radical (unpaired) electrons. The van der Waals surface area contributed by atoms with Crippen molar-refractivity contribution in [2.45, 2.75) is 32.9 Å². The molecule has 4 heteroatoms. The average Bonchev–Trinajstić information content (AvgIpc) is 2.73. The van der Waals surface area contributed by atoms with Crippen LogP contribution in [-0.2, 0) is 13.0 Å². The van der Waals surface area contributed by atoms with E-state index in [1.54, 1.807) is 0 Å². The monoisotopic (exact) mass is 357 g/mol. The summed E-state index contributed by atoms with van der Waals surface area (Å²) in [4.78, 5) is 2.82. The van der Waals surface area contributed by atoms with Crippen LogP contribution in [0.15, 0.2) is 34.8 Å². The van der Waals surface area contributed by atoms with Crippen LogP contribution >= 0.6 is 38.9 Å². The molecule has 2 rings (SSSR count). The highest BCUT2D eigenvalue weighted by atomic mass is 79.9. The van der Waals surface area contributed by atoms with E-state index in [-0.39, 0.29) is 0 Å². The van der Waals surface area contributed by atoms with Gasteiger partial charge in [0.25, 0.3) is 0 Å². The van der Waals surface area contributed by atoms with Crippen LogP contribution in [-0.4, -0.2) is 6.04 Å². The number of thiophene rings is 1. The molecule has 0 saturated heterocycles. The van der Waals surface area contributed by atoms with Gasteiger partial charge < -0.3 is 5.32 Å².